The molecule has 1 aliphatic rings. The number of carboxylic acid groups (broad SMARTS) is 1. The Morgan fingerprint density at radius 2 is 1.93 bits per heavy atom. The Balaban J connectivity index is 1.77. The molecular weight excluding hydrogens is 578 g/mol. The first-order valence-electron chi connectivity index (χ1n) is 13.7. The third kappa shape index (κ3) is 6.63. The van der Waals surface area contributed by atoms with Gasteiger partial charge in [0.1, 0.15) is 10.7 Å². The quantitative estimate of drug-likeness (QED) is 0.197. The number of aryl methyl sites for hydroxylation is 1. The number of ether oxygens (including phenoxy) is 1. The van der Waals surface area contributed by atoms with Gasteiger partial charge in [-0.25, -0.2) is 13.2 Å². The van der Waals surface area contributed by atoms with Gasteiger partial charge in [-0.1, -0.05) is 79.2 Å². The van der Waals surface area contributed by atoms with Crippen LogP contribution in [-0.4, -0.2) is 36.2 Å². The second kappa shape index (κ2) is 13.4. The number of halogens is 1. The van der Waals surface area contributed by atoms with Crippen LogP contribution in [0.1, 0.15) is 56.9 Å². The van der Waals surface area contributed by atoms with Crippen molar-refractivity contribution in [1.82, 2.24) is 10.1 Å². The molecule has 0 saturated carbocycles. The Hall–Kier alpha value is -3.82. The molecule has 42 heavy (non-hydrogen) atoms. The maximum absolute atomic E-state index is 13.5. The maximum Gasteiger partial charge on any atom is 0.352 e. The molecule has 4 rings (SSSR count). The van der Waals surface area contributed by atoms with E-state index in [9.17, 15) is 18.3 Å². The van der Waals surface area contributed by atoms with Gasteiger partial charge in [0.05, 0.1) is 17.2 Å². The minimum absolute atomic E-state index is 0.0326. The zero-order valence-corrected chi connectivity index (χ0v) is 25.6. The van der Waals surface area contributed by atoms with Crippen LogP contribution >= 0.6 is 11.6 Å². The summed E-state index contributed by atoms with van der Waals surface area (Å²) in [5.41, 5.74) is 7.81. The van der Waals surface area contributed by atoms with E-state index in [1.165, 1.54) is 6.07 Å². The lowest BCUT2D eigenvalue weighted by Crippen LogP contribution is -2.29. The van der Waals surface area contributed by atoms with Gasteiger partial charge in [0.15, 0.2) is 5.76 Å². The number of allylic oxidation sites excluding steroid dienone is 2. The van der Waals surface area contributed by atoms with Crippen LogP contribution in [0.4, 0.5) is 5.82 Å². The first-order chi connectivity index (χ1) is 20.1. The van der Waals surface area contributed by atoms with Crippen LogP contribution in [0.15, 0.2) is 80.7 Å². The highest BCUT2D eigenvalue weighted by molar-refractivity contribution is 7.92. The Morgan fingerprint density at radius 1 is 1.17 bits per heavy atom. The van der Waals surface area contributed by atoms with Crippen LogP contribution in [0.2, 0.25) is 5.02 Å². The average Bonchev–Trinajstić information content (AvgIpc) is 3.28. The van der Waals surface area contributed by atoms with E-state index in [0.717, 1.165) is 23.2 Å². The average molecular weight is 612 g/mol. The van der Waals surface area contributed by atoms with Gasteiger partial charge in [-0.2, -0.15) is 0 Å². The third-order valence-electron chi connectivity index (χ3n) is 6.84. The first kappa shape index (κ1) is 31.1. The summed E-state index contributed by atoms with van der Waals surface area (Å²) in [7, 11) is -4.10. The summed E-state index contributed by atoms with van der Waals surface area (Å²) in [6, 6.07) is 12.3. The predicted molar refractivity (Wildman–Crippen MR) is 161 cm³/mol. The molecule has 2 aromatic carbocycles. The van der Waals surface area contributed by atoms with Crippen molar-refractivity contribution in [3.63, 3.8) is 0 Å². The standard InChI is InChI=1S/C31H34ClN3O6S/c1-5-10-24-15-14-22(6-2)29(31(36)37)35(24)18-21-13-16-25(23(17-21)19-40-7-3)26-11-8-9-12-27(26)42(38,39)34-30-28(32)20(4)41-33-30/h8-9,11-14,16-17H,5-7,10,18-19H2,1-4H3,(H,33,34)(H,36,37). The highest BCUT2D eigenvalue weighted by Gasteiger charge is 2.27. The molecular formula is C31H34ClN3O6S. The number of anilines is 1. The number of sulfonamides is 1. The molecule has 9 nitrogen and oxygen atoms in total. The van der Waals surface area contributed by atoms with Crippen LogP contribution in [0.3, 0.4) is 0 Å². The molecule has 0 spiro atoms. The summed E-state index contributed by atoms with van der Waals surface area (Å²) in [6.45, 7) is 8.43. The third-order valence-corrected chi connectivity index (χ3v) is 8.69. The van der Waals surface area contributed by atoms with Crippen LogP contribution in [-0.2, 0) is 32.7 Å². The fraction of sp³-hybridized carbons (Fsp3) is 0.323. The van der Waals surface area contributed by atoms with Crippen molar-refractivity contribution in [2.75, 3.05) is 11.3 Å². The summed E-state index contributed by atoms with van der Waals surface area (Å²) in [5, 5.41) is 13.9. The van der Waals surface area contributed by atoms with Crippen LogP contribution in [0.25, 0.3) is 11.1 Å². The molecule has 0 fully saturated rings. The molecule has 222 valence electrons. The lowest BCUT2D eigenvalue weighted by Gasteiger charge is -2.30. The number of aromatic nitrogens is 1. The summed E-state index contributed by atoms with van der Waals surface area (Å²) < 4.78 is 40.2. The number of benzene rings is 2. The highest BCUT2D eigenvalue weighted by atomic mass is 35.5. The number of carboxylic acids is 1. The molecule has 1 aromatic heterocycles. The lowest BCUT2D eigenvalue weighted by molar-refractivity contribution is -0.134. The second-order valence-electron chi connectivity index (χ2n) is 9.74. The number of carbonyl (C=O) groups is 1. The van der Waals surface area contributed by atoms with E-state index in [0.29, 0.717) is 48.5 Å². The van der Waals surface area contributed by atoms with E-state index >= 15 is 0 Å². The number of nitrogens with zero attached hydrogens (tertiary/aromatic N) is 2. The smallest absolute Gasteiger partial charge is 0.352 e. The van der Waals surface area contributed by atoms with Gasteiger partial charge in [0.25, 0.3) is 10.0 Å². The SMILES string of the molecule is CCCC1=C=CC(CC)=C(C(=O)O)N1Cc1ccc(-c2ccccc2S(=O)(=O)Nc2noc(C)c2Cl)c(COCC)c1. The second-order valence-corrected chi connectivity index (χ2v) is 11.8. The maximum atomic E-state index is 13.5. The van der Waals surface area contributed by atoms with Gasteiger partial charge < -0.3 is 19.3 Å². The van der Waals surface area contributed by atoms with Crippen molar-refractivity contribution in [3.05, 3.63) is 93.1 Å². The Morgan fingerprint density at radius 3 is 2.57 bits per heavy atom. The van der Waals surface area contributed by atoms with E-state index in [-0.39, 0.29) is 28.0 Å². The van der Waals surface area contributed by atoms with Crippen molar-refractivity contribution in [2.45, 2.75) is 65.0 Å². The van der Waals surface area contributed by atoms with E-state index in [1.807, 2.05) is 43.9 Å². The Bertz CT molecular complexity index is 1690. The molecule has 0 atom stereocenters. The van der Waals surface area contributed by atoms with Crippen LogP contribution in [0.5, 0.6) is 0 Å². The molecule has 0 saturated heterocycles. The van der Waals surface area contributed by atoms with Gasteiger partial charge in [-0.3, -0.25) is 4.72 Å². The first-order valence-corrected chi connectivity index (χ1v) is 15.6. The van der Waals surface area contributed by atoms with Crippen molar-refractivity contribution in [3.8, 4) is 11.1 Å². The van der Waals surface area contributed by atoms with Crippen LogP contribution < -0.4 is 4.72 Å². The predicted octanol–water partition coefficient (Wildman–Crippen LogP) is 7.04. The van der Waals surface area contributed by atoms with Crippen molar-refractivity contribution in [1.29, 1.82) is 0 Å². The van der Waals surface area contributed by atoms with Crippen molar-refractivity contribution < 1.29 is 27.6 Å². The molecule has 0 unspecified atom stereocenters. The molecule has 0 bridgehead atoms. The molecule has 0 radical (unpaired) electrons. The molecule has 1 aliphatic heterocycles. The lowest BCUT2D eigenvalue weighted by atomic mass is 9.96. The van der Waals surface area contributed by atoms with Crippen molar-refractivity contribution >= 4 is 33.4 Å². The molecule has 2 heterocycles. The summed E-state index contributed by atoms with van der Waals surface area (Å²) in [4.78, 5) is 14.2. The van der Waals surface area contributed by atoms with Gasteiger partial charge in [-0.05, 0) is 61.1 Å². The van der Waals surface area contributed by atoms with E-state index in [4.69, 9.17) is 20.9 Å². The normalized spacial score (nSPS) is 13.5. The molecule has 11 heteroatoms. The van der Waals surface area contributed by atoms with E-state index in [1.54, 1.807) is 31.2 Å². The monoisotopic (exact) mass is 611 g/mol. The Labute approximate surface area is 251 Å². The minimum atomic E-state index is -4.10. The van der Waals surface area contributed by atoms with Gasteiger partial charge in [0, 0.05) is 18.7 Å². The number of nitrogens with one attached hydrogen (secondary N) is 1. The zero-order valence-electron chi connectivity index (χ0n) is 24.0. The van der Waals surface area contributed by atoms with Gasteiger partial charge >= 0.3 is 5.97 Å². The number of hydrogen-bond acceptors (Lipinski definition) is 7. The molecule has 0 aliphatic carbocycles. The molecule has 3 aromatic rings. The topological polar surface area (TPSA) is 122 Å². The molecule has 2 N–H and O–H groups in total. The zero-order chi connectivity index (χ0) is 30.4. The van der Waals surface area contributed by atoms with E-state index in [2.05, 4.69) is 15.6 Å². The van der Waals surface area contributed by atoms with Gasteiger partial charge in [-0.15, -0.1) is 0 Å². The summed E-state index contributed by atoms with van der Waals surface area (Å²) in [5.74, 6) is -0.780. The van der Waals surface area contributed by atoms with E-state index < -0.39 is 16.0 Å². The number of aliphatic carboxylic acids is 1. The minimum Gasteiger partial charge on any atom is -0.477 e. The van der Waals surface area contributed by atoms with Crippen molar-refractivity contribution in [2.24, 2.45) is 0 Å². The summed E-state index contributed by atoms with van der Waals surface area (Å²) in [6.07, 6.45) is 3.86. The fourth-order valence-corrected chi connectivity index (χ4v) is 6.22. The highest BCUT2D eigenvalue weighted by Crippen LogP contribution is 2.35. The largest absolute Gasteiger partial charge is 0.477 e. The van der Waals surface area contributed by atoms with Gasteiger partial charge in [0.2, 0.25) is 5.82 Å². The Kier molecular flexibility index (Phi) is 9.96. The fourth-order valence-electron chi connectivity index (χ4n) is 4.82. The number of hydrogen-bond donors (Lipinski definition) is 2. The summed E-state index contributed by atoms with van der Waals surface area (Å²) >= 11 is 6.17. The van der Waals surface area contributed by atoms with Crippen LogP contribution in [0, 0.1) is 6.92 Å². The number of rotatable bonds is 13. The molecule has 0 amide bonds.